The molecule has 26 heavy (non-hydrogen) atoms. The molecular formula is C18H25F2N3O3. The van der Waals surface area contributed by atoms with Gasteiger partial charge in [-0.05, 0) is 19.1 Å². The van der Waals surface area contributed by atoms with Crippen molar-refractivity contribution >= 4 is 17.5 Å². The Morgan fingerprint density at radius 2 is 1.69 bits per heavy atom. The van der Waals surface area contributed by atoms with Crippen molar-refractivity contribution in [1.82, 2.24) is 9.80 Å². The maximum Gasteiger partial charge on any atom is 0.387 e. The molecule has 1 saturated heterocycles. The quantitative estimate of drug-likeness (QED) is 0.837. The lowest BCUT2D eigenvalue weighted by Crippen LogP contribution is -2.54. The normalized spacial score (nSPS) is 16.7. The molecule has 1 aromatic carbocycles. The number of para-hydroxylation sites is 2. The van der Waals surface area contributed by atoms with Gasteiger partial charge in [-0.25, -0.2) is 0 Å². The highest BCUT2D eigenvalue weighted by atomic mass is 19.3. The third-order valence-corrected chi connectivity index (χ3v) is 4.41. The van der Waals surface area contributed by atoms with Crippen LogP contribution >= 0.6 is 0 Å². The van der Waals surface area contributed by atoms with E-state index in [1.54, 1.807) is 24.0 Å². The van der Waals surface area contributed by atoms with Crippen molar-refractivity contribution in [3.63, 3.8) is 0 Å². The van der Waals surface area contributed by atoms with E-state index in [-0.39, 0.29) is 29.2 Å². The van der Waals surface area contributed by atoms with Gasteiger partial charge in [0.15, 0.2) is 0 Å². The zero-order chi connectivity index (χ0) is 19.3. The Bertz CT molecular complexity index is 632. The number of hydrogen-bond acceptors (Lipinski definition) is 4. The summed E-state index contributed by atoms with van der Waals surface area (Å²) in [4.78, 5) is 28.3. The van der Waals surface area contributed by atoms with Crippen LogP contribution in [0.3, 0.4) is 0 Å². The number of rotatable bonds is 6. The fourth-order valence-electron chi connectivity index (χ4n) is 2.87. The van der Waals surface area contributed by atoms with E-state index >= 15 is 0 Å². The van der Waals surface area contributed by atoms with Gasteiger partial charge in [-0.15, -0.1) is 0 Å². The number of hydrogen-bond donors (Lipinski definition) is 1. The zero-order valence-electron chi connectivity index (χ0n) is 15.2. The maximum absolute atomic E-state index is 12.5. The average Bonchev–Trinajstić information content (AvgIpc) is 2.61. The van der Waals surface area contributed by atoms with Crippen LogP contribution in [-0.4, -0.2) is 60.4 Å². The first-order chi connectivity index (χ1) is 12.3. The van der Waals surface area contributed by atoms with E-state index in [1.165, 1.54) is 12.1 Å². The number of amides is 2. The lowest BCUT2D eigenvalue weighted by molar-refractivity contribution is -0.136. The van der Waals surface area contributed by atoms with Crippen LogP contribution in [0.4, 0.5) is 14.5 Å². The maximum atomic E-state index is 12.5. The molecule has 1 atom stereocenters. The van der Waals surface area contributed by atoms with Crippen molar-refractivity contribution in [2.45, 2.75) is 33.4 Å². The first-order valence-electron chi connectivity index (χ1n) is 8.67. The van der Waals surface area contributed by atoms with E-state index in [9.17, 15) is 18.4 Å². The SMILES string of the molecule is CC(C)C(=O)N1CCN(C(C)C(=O)Nc2ccccc2OC(F)F)CC1. The van der Waals surface area contributed by atoms with Crippen molar-refractivity contribution in [1.29, 1.82) is 0 Å². The van der Waals surface area contributed by atoms with E-state index in [1.807, 2.05) is 18.7 Å². The topological polar surface area (TPSA) is 61.9 Å². The molecule has 1 aliphatic heterocycles. The fraction of sp³-hybridized carbons (Fsp3) is 0.556. The van der Waals surface area contributed by atoms with Gasteiger partial charge in [0.25, 0.3) is 0 Å². The molecule has 1 unspecified atom stereocenters. The number of piperazine rings is 1. The fourth-order valence-corrected chi connectivity index (χ4v) is 2.87. The molecule has 0 saturated carbocycles. The molecule has 1 N–H and O–H groups in total. The minimum Gasteiger partial charge on any atom is -0.433 e. The smallest absolute Gasteiger partial charge is 0.387 e. The molecule has 144 valence electrons. The summed E-state index contributed by atoms with van der Waals surface area (Å²) in [5.74, 6) is -0.317. The first-order valence-corrected chi connectivity index (χ1v) is 8.67. The Labute approximate surface area is 152 Å². The highest BCUT2D eigenvalue weighted by molar-refractivity contribution is 5.95. The number of carbonyl (C=O) groups excluding carboxylic acids is 2. The predicted molar refractivity (Wildman–Crippen MR) is 94.2 cm³/mol. The zero-order valence-corrected chi connectivity index (χ0v) is 15.2. The lowest BCUT2D eigenvalue weighted by atomic mass is 10.1. The van der Waals surface area contributed by atoms with Crippen LogP contribution in [0.2, 0.25) is 0 Å². The molecule has 0 aromatic heterocycles. The minimum atomic E-state index is -2.96. The molecule has 1 aromatic rings. The summed E-state index contributed by atoms with van der Waals surface area (Å²) in [6.07, 6.45) is 0. The van der Waals surface area contributed by atoms with Crippen LogP contribution in [0.1, 0.15) is 20.8 Å². The van der Waals surface area contributed by atoms with Gasteiger partial charge in [-0.3, -0.25) is 14.5 Å². The number of ether oxygens (including phenoxy) is 1. The minimum absolute atomic E-state index is 0.0476. The van der Waals surface area contributed by atoms with Crippen molar-refractivity contribution in [3.05, 3.63) is 24.3 Å². The molecule has 0 aliphatic carbocycles. The van der Waals surface area contributed by atoms with Gasteiger partial charge in [0.1, 0.15) is 5.75 Å². The highest BCUT2D eigenvalue weighted by Gasteiger charge is 2.28. The van der Waals surface area contributed by atoms with E-state index in [4.69, 9.17) is 0 Å². The van der Waals surface area contributed by atoms with E-state index < -0.39 is 12.7 Å². The van der Waals surface area contributed by atoms with Crippen LogP contribution in [0, 0.1) is 5.92 Å². The number of alkyl halides is 2. The molecule has 1 heterocycles. The third kappa shape index (κ3) is 5.14. The monoisotopic (exact) mass is 369 g/mol. The molecule has 0 radical (unpaired) electrons. The van der Waals surface area contributed by atoms with Crippen LogP contribution < -0.4 is 10.1 Å². The number of halogens is 2. The van der Waals surface area contributed by atoms with Gasteiger partial charge in [-0.1, -0.05) is 26.0 Å². The standard InChI is InChI=1S/C18H25F2N3O3/c1-12(2)17(25)23-10-8-22(9-11-23)13(3)16(24)21-14-6-4-5-7-15(14)26-18(19)20/h4-7,12-13,18H,8-11H2,1-3H3,(H,21,24). The van der Waals surface area contributed by atoms with Gasteiger partial charge in [-0.2, -0.15) is 8.78 Å². The largest absolute Gasteiger partial charge is 0.433 e. The Hall–Kier alpha value is -2.22. The summed E-state index contributed by atoms with van der Waals surface area (Å²) in [7, 11) is 0. The van der Waals surface area contributed by atoms with Crippen molar-refractivity contribution in [2.75, 3.05) is 31.5 Å². The van der Waals surface area contributed by atoms with E-state index in [0.717, 1.165) is 0 Å². The number of nitrogens with zero attached hydrogens (tertiary/aromatic N) is 2. The van der Waals surface area contributed by atoms with Gasteiger partial charge >= 0.3 is 6.61 Å². The second-order valence-corrected chi connectivity index (χ2v) is 6.56. The number of nitrogens with one attached hydrogen (secondary N) is 1. The van der Waals surface area contributed by atoms with Crippen LogP contribution in [0.15, 0.2) is 24.3 Å². The Kier molecular flexibility index (Phi) is 6.90. The van der Waals surface area contributed by atoms with Gasteiger partial charge < -0.3 is 15.0 Å². The molecule has 8 heteroatoms. The van der Waals surface area contributed by atoms with Gasteiger partial charge in [0.2, 0.25) is 11.8 Å². The molecule has 0 spiro atoms. The predicted octanol–water partition coefficient (Wildman–Crippen LogP) is 2.42. The van der Waals surface area contributed by atoms with Gasteiger partial charge in [0.05, 0.1) is 11.7 Å². The average molecular weight is 369 g/mol. The third-order valence-electron chi connectivity index (χ3n) is 4.41. The summed E-state index contributed by atoms with van der Waals surface area (Å²) in [5, 5.41) is 2.65. The molecule has 2 rings (SSSR count). The van der Waals surface area contributed by atoms with Crippen LogP contribution in [0.25, 0.3) is 0 Å². The summed E-state index contributed by atoms with van der Waals surface area (Å²) in [6.45, 7) is 4.83. The molecule has 2 amide bonds. The Morgan fingerprint density at radius 1 is 1.08 bits per heavy atom. The molecule has 1 aliphatic rings. The summed E-state index contributed by atoms with van der Waals surface area (Å²) < 4.78 is 29.4. The Balaban J connectivity index is 1.94. The second-order valence-electron chi connectivity index (χ2n) is 6.56. The van der Waals surface area contributed by atoms with Crippen molar-refractivity contribution in [3.8, 4) is 5.75 Å². The van der Waals surface area contributed by atoms with E-state index in [0.29, 0.717) is 26.2 Å². The summed E-state index contributed by atoms with van der Waals surface area (Å²) in [5.41, 5.74) is 0.207. The van der Waals surface area contributed by atoms with Crippen molar-refractivity contribution in [2.24, 2.45) is 5.92 Å². The highest BCUT2D eigenvalue weighted by Crippen LogP contribution is 2.26. The van der Waals surface area contributed by atoms with E-state index in [2.05, 4.69) is 10.1 Å². The second kappa shape index (κ2) is 8.93. The molecule has 0 bridgehead atoms. The Morgan fingerprint density at radius 3 is 2.27 bits per heavy atom. The molecular weight excluding hydrogens is 344 g/mol. The van der Waals surface area contributed by atoms with Crippen molar-refractivity contribution < 1.29 is 23.1 Å². The molecule has 1 fully saturated rings. The molecule has 6 nitrogen and oxygen atoms in total. The first kappa shape index (κ1) is 20.1. The van der Waals surface area contributed by atoms with Crippen LogP contribution in [0.5, 0.6) is 5.75 Å². The summed E-state index contributed by atoms with van der Waals surface area (Å²) in [6, 6.07) is 5.63. The lowest BCUT2D eigenvalue weighted by Gasteiger charge is -2.38. The summed E-state index contributed by atoms with van der Waals surface area (Å²) >= 11 is 0. The number of carbonyl (C=O) groups is 2. The van der Waals surface area contributed by atoms with Crippen LogP contribution in [-0.2, 0) is 9.59 Å². The van der Waals surface area contributed by atoms with Gasteiger partial charge in [0, 0.05) is 32.1 Å². The number of anilines is 1. The number of benzene rings is 1.